The lowest BCUT2D eigenvalue weighted by Gasteiger charge is -2.42. The highest BCUT2D eigenvalue weighted by molar-refractivity contribution is 5.25. The number of rotatable bonds is 5. The number of likely N-dealkylation sites (tertiary alicyclic amines) is 1. The summed E-state index contributed by atoms with van der Waals surface area (Å²) in [7, 11) is 0. The van der Waals surface area contributed by atoms with E-state index in [1.54, 1.807) is 0 Å². The van der Waals surface area contributed by atoms with Crippen molar-refractivity contribution in [2.75, 3.05) is 6.54 Å². The van der Waals surface area contributed by atoms with Crippen LogP contribution in [0.15, 0.2) is 24.3 Å². The van der Waals surface area contributed by atoms with Gasteiger partial charge in [-0.2, -0.15) is 0 Å². The highest BCUT2D eigenvalue weighted by Gasteiger charge is 2.29. The van der Waals surface area contributed by atoms with Gasteiger partial charge in [-0.1, -0.05) is 49.6 Å². The van der Waals surface area contributed by atoms with E-state index >= 15 is 0 Å². The Labute approximate surface area is 124 Å². The van der Waals surface area contributed by atoms with Crippen LogP contribution in [0, 0.1) is 6.92 Å². The van der Waals surface area contributed by atoms with Gasteiger partial charge in [-0.3, -0.25) is 4.90 Å². The first kappa shape index (κ1) is 15.5. The number of hydrogen-bond acceptors (Lipinski definition) is 2. The lowest BCUT2D eigenvalue weighted by Crippen LogP contribution is -2.49. The predicted molar refractivity (Wildman–Crippen MR) is 86.8 cm³/mol. The minimum atomic E-state index is 0.119. The van der Waals surface area contributed by atoms with Crippen LogP contribution in [0.3, 0.4) is 0 Å². The van der Waals surface area contributed by atoms with Crippen LogP contribution >= 0.6 is 0 Å². The molecule has 0 amide bonds. The molecule has 0 aliphatic carbocycles. The Bertz CT molecular complexity index is 396. The van der Waals surface area contributed by atoms with Gasteiger partial charge in [-0.15, -0.1) is 0 Å². The monoisotopic (exact) mass is 274 g/mol. The van der Waals surface area contributed by atoms with Crippen LogP contribution in [-0.2, 0) is 0 Å². The maximum atomic E-state index is 6.54. The molecule has 112 valence electrons. The molecule has 1 aromatic rings. The highest BCUT2D eigenvalue weighted by Crippen LogP contribution is 2.28. The topological polar surface area (TPSA) is 29.3 Å². The van der Waals surface area contributed by atoms with Crippen molar-refractivity contribution in [1.29, 1.82) is 0 Å². The molecule has 3 atom stereocenters. The molecule has 2 heteroatoms. The van der Waals surface area contributed by atoms with E-state index in [9.17, 15) is 0 Å². The van der Waals surface area contributed by atoms with E-state index in [0.29, 0.717) is 6.04 Å². The normalized spacial score (nSPS) is 23.5. The molecule has 1 heterocycles. The largest absolute Gasteiger partial charge is 0.323 e. The van der Waals surface area contributed by atoms with Crippen molar-refractivity contribution in [1.82, 2.24) is 4.90 Å². The zero-order valence-electron chi connectivity index (χ0n) is 13.3. The number of hydrogen-bond donors (Lipinski definition) is 1. The molecule has 0 bridgehead atoms. The Kier molecular flexibility index (Phi) is 5.62. The molecule has 0 radical (unpaired) electrons. The van der Waals surface area contributed by atoms with Gasteiger partial charge in [0.2, 0.25) is 0 Å². The molecule has 1 fully saturated rings. The maximum Gasteiger partial charge on any atom is 0.0450 e. The van der Waals surface area contributed by atoms with Crippen LogP contribution in [0.1, 0.15) is 63.1 Å². The lowest BCUT2D eigenvalue weighted by atomic mass is 9.92. The van der Waals surface area contributed by atoms with Gasteiger partial charge >= 0.3 is 0 Å². The molecule has 2 rings (SSSR count). The lowest BCUT2D eigenvalue weighted by molar-refractivity contribution is 0.0829. The van der Waals surface area contributed by atoms with E-state index in [0.717, 1.165) is 6.04 Å². The molecule has 1 aliphatic heterocycles. The first-order valence-corrected chi connectivity index (χ1v) is 8.21. The zero-order valence-corrected chi connectivity index (χ0v) is 13.3. The SMILES string of the molecule is CCCC1CCCCN1C(C)C(N)c1ccc(C)cc1. The fourth-order valence-electron chi connectivity index (χ4n) is 3.48. The van der Waals surface area contributed by atoms with Crippen LogP contribution in [0.4, 0.5) is 0 Å². The summed E-state index contributed by atoms with van der Waals surface area (Å²) in [5.41, 5.74) is 9.10. The Morgan fingerprint density at radius 3 is 2.60 bits per heavy atom. The number of nitrogens with zero attached hydrogens (tertiary/aromatic N) is 1. The number of piperidine rings is 1. The van der Waals surface area contributed by atoms with Crippen molar-refractivity contribution in [3.05, 3.63) is 35.4 Å². The van der Waals surface area contributed by atoms with Gasteiger partial charge < -0.3 is 5.73 Å². The average molecular weight is 274 g/mol. The summed E-state index contributed by atoms with van der Waals surface area (Å²) in [6.07, 6.45) is 6.64. The first-order valence-electron chi connectivity index (χ1n) is 8.21. The minimum absolute atomic E-state index is 0.119. The molecule has 0 saturated carbocycles. The molecule has 3 unspecified atom stereocenters. The van der Waals surface area contributed by atoms with Crippen LogP contribution < -0.4 is 5.73 Å². The van der Waals surface area contributed by atoms with Crippen LogP contribution in [0.25, 0.3) is 0 Å². The van der Waals surface area contributed by atoms with E-state index in [-0.39, 0.29) is 6.04 Å². The Morgan fingerprint density at radius 2 is 1.95 bits per heavy atom. The number of benzene rings is 1. The third-order valence-electron chi connectivity index (χ3n) is 4.80. The van der Waals surface area contributed by atoms with Crippen molar-refractivity contribution in [2.45, 2.75) is 71.0 Å². The summed E-state index contributed by atoms with van der Waals surface area (Å²) in [6, 6.07) is 10.00. The zero-order chi connectivity index (χ0) is 14.5. The molecule has 20 heavy (non-hydrogen) atoms. The van der Waals surface area contributed by atoms with Gasteiger partial charge in [0.1, 0.15) is 0 Å². The molecule has 1 saturated heterocycles. The predicted octanol–water partition coefficient (Wildman–Crippen LogP) is 4.04. The number of nitrogens with two attached hydrogens (primary N) is 1. The molecular weight excluding hydrogens is 244 g/mol. The summed E-state index contributed by atoms with van der Waals surface area (Å²) < 4.78 is 0. The number of aryl methyl sites for hydroxylation is 1. The van der Waals surface area contributed by atoms with Gasteiger partial charge in [-0.05, 0) is 45.2 Å². The van der Waals surface area contributed by atoms with Gasteiger partial charge in [0, 0.05) is 18.1 Å². The van der Waals surface area contributed by atoms with Crippen molar-refractivity contribution in [2.24, 2.45) is 5.73 Å². The summed E-state index contributed by atoms with van der Waals surface area (Å²) in [4.78, 5) is 2.66. The summed E-state index contributed by atoms with van der Waals surface area (Å²) >= 11 is 0. The highest BCUT2D eigenvalue weighted by atomic mass is 15.2. The Morgan fingerprint density at radius 1 is 1.25 bits per heavy atom. The molecule has 2 nitrogen and oxygen atoms in total. The van der Waals surface area contributed by atoms with Gasteiger partial charge in [-0.25, -0.2) is 0 Å². The second-order valence-corrected chi connectivity index (χ2v) is 6.35. The second-order valence-electron chi connectivity index (χ2n) is 6.35. The molecule has 0 aromatic heterocycles. The fourth-order valence-corrected chi connectivity index (χ4v) is 3.48. The molecule has 0 spiro atoms. The van der Waals surface area contributed by atoms with Gasteiger partial charge in [0.15, 0.2) is 0 Å². The van der Waals surface area contributed by atoms with Crippen LogP contribution in [0.2, 0.25) is 0 Å². The maximum absolute atomic E-state index is 6.54. The quantitative estimate of drug-likeness (QED) is 0.878. The van der Waals surface area contributed by atoms with Crippen molar-refractivity contribution >= 4 is 0 Å². The molecule has 1 aromatic carbocycles. The molecular formula is C18H30N2. The van der Waals surface area contributed by atoms with E-state index in [4.69, 9.17) is 5.73 Å². The average Bonchev–Trinajstić information content (AvgIpc) is 2.47. The van der Waals surface area contributed by atoms with E-state index in [1.807, 2.05) is 0 Å². The molecule has 1 aliphatic rings. The van der Waals surface area contributed by atoms with Crippen LogP contribution in [0.5, 0.6) is 0 Å². The second kappa shape index (κ2) is 7.24. The third kappa shape index (κ3) is 3.62. The minimum Gasteiger partial charge on any atom is -0.323 e. The fraction of sp³-hybridized carbons (Fsp3) is 0.667. The van der Waals surface area contributed by atoms with Crippen molar-refractivity contribution in [3.63, 3.8) is 0 Å². The molecule has 2 N–H and O–H groups in total. The van der Waals surface area contributed by atoms with Gasteiger partial charge in [0.25, 0.3) is 0 Å². The third-order valence-corrected chi connectivity index (χ3v) is 4.80. The van der Waals surface area contributed by atoms with E-state index in [1.165, 1.54) is 49.8 Å². The smallest absolute Gasteiger partial charge is 0.0450 e. The van der Waals surface area contributed by atoms with E-state index < -0.39 is 0 Å². The van der Waals surface area contributed by atoms with Crippen molar-refractivity contribution < 1.29 is 0 Å². The van der Waals surface area contributed by atoms with Crippen molar-refractivity contribution in [3.8, 4) is 0 Å². The summed E-state index contributed by atoms with van der Waals surface area (Å²) in [5.74, 6) is 0. The summed E-state index contributed by atoms with van der Waals surface area (Å²) in [5, 5.41) is 0. The Hall–Kier alpha value is -0.860. The summed E-state index contributed by atoms with van der Waals surface area (Å²) in [6.45, 7) is 7.93. The van der Waals surface area contributed by atoms with E-state index in [2.05, 4.69) is 49.9 Å². The first-order chi connectivity index (χ1) is 9.63. The standard InChI is InChI=1S/C18H30N2/c1-4-7-17-8-5-6-13-20(17)15(3)18(19)16-11-9-14(2)10-12-16/h9-12,15,17-18H,4-8,13,19H2,1-3H3. The van der Waals surface area contributed by atoms with Gasteiger partial charge in [0.05, 0.1) is 0 Å². The van der Waals surface area contributed by atoms with Crippen LogP contribution in [-0.4, -0.2) is 23.5 Å². The Balaban J connectivity index is 2.07.